The lowest BCUT2D eigenvalue weighted by Crippen LogP contribution is -2.54. The van der Waals surface area contributed by atoms with Gasteiger partial charge in [0, 0.05) is 24.0 Å². The van der Waals surface area contributed by atoms with Gasteiger partial charge in [-0.25, -0.2) is 0 Å². The van der Waals surface area contributed by atoms with Gasteiger partial charge in [-0.05, 0) is 25.3 Å². The molecule has 0 aliphatic carbocycles. The predicted molar refractivity (Wildman–Crippen MR) is 71.5 cm³/mol. The Morgan fingerprint density at radius 1 is 1.44 bits per heavy atom. The largest absolute Gasteiger partial charge is 0.337 e. The van der Waals surface area contributed by atoms with Crippen molar-refractivity contribution in [1.82, 2.24) is 9.80 Å². The first-order valence-corrected chi connectivity index (χ1v) is 7.05. The third-order valence-electron chi connectivity index (χ3n) is 3.14. The Balaban J connectivity index is 1.92. The summed E-state index contributed by atoms with van der Waals surface area (Å²) in [5.74, 6) is 0.102. The van der Waals surface area contributed by atoms with E-state index in [0.29, 0.717) is 19.5 Å². The lowest BCUT2D eigenvalue weighted by Gasteiger charge is -2.36. The van der Waals surface area contributed by atoms with Gasteiger partial charge in [-0.2, -0.15) is 0 Å². The van der Waals surface area contributed by atoms with Crippen molar-refractivity contribution < 1.29 is 9.59 Å². The molecule has 0 saturated carbocycles. The van der Waals surface area contributed by atoms with Crippen molar-refractivity contribution in [3.8, 4) is 0 Å². The number of hydrogen-bond acceptors (Lipinski definition) is 3. The molecular weight excluding hydrogens is 248 g/mol. The first kappa shape index (κ1) is 13.1. The average molecular weight is 266 g/mol. The summed E-state index contributed by atoms with van der Waals surface area (Å²) in [6.45, 7) is 5.52. The molecule has 1 aliphatic rings. The van der Waals surface area contributed by atoms with Crippen molar-refractivity contribution in [3.63, 3.8) is 0 Å². The lowest BCUT2D eigenvalue weighted by atomic mass is 10.2. The summed E-state index contributed by atoms with van der Waals surface area (Å²) in [5, 5.41) is 1.96. The number of rotatable bonds is 3. The van der Waals surface area contributed by atoms with Crippen molar-refractivity contribution in [2.45, 2.75) is 26.3 Å². The maximum atomic E-state index is 12.0. The standard InChI is InChI=1S/C13H18N2O2S/c1-10(2)15-6-5-14(9-13(15)17)12(16)8-11-4-3-7-18-11/h3-4,7,10H,5-6,8-9H2,1-2H3. The smallest absolute Gasteiger partial charge is 0.242 e. The quantitative estimate of drug-likeness (QED) is 0.829. The van der Waals surface area contributed by atoms with Gasteiger partial charge in [0.1, 0.15) is 0 Å². The van der Waals surface area contributed by atoms with E-state index in [0.717, 1.165) is 4.88 Å². The van der Waals surface area contributed by atoms with Gasteiger partial charge in [-0.3, -0.25) is 9.59 Å². The number of carbonyl (C=O) groups is 2. The molecule has 0 atom stereocenters. The van der Waals surface area contributed by atoms with E-state index < -0.39 is 0 Å². The van der Waals surface area contributed by atoms with Crippen molar-refractivity contribution in [2.24, 2.45) is 0 Å². The molecule has 0 N–H and O–H groups in total. The van der Waals surface area contributed by atoms with Crippen LogP contribution in [0.3, 0.4) is 0 Å². The Morgan fingerprint density at radius 2 is 2.22 bits per heavy atom. The van der Waals surface area contributed by atoms with Crippen LogP contribution in [0.2, 0.25) is 0 Å². The fourth-order valence-corrected chi connectivity index (χ4v) is 2.82. The van der Waals surface area contributed by atoms with E-state index in [-0.39, 0.29) is 24.4 Å². The number of carbonyl (C=O) groups excluding carboxylic acids is 2. The molecule has 4 nitrogen and oxygen atoms in total. The van der Waals surface area contributed by atoms with Crippen LogP contribution >= 0.6 is 11.3 Å². The van der Waals surface area contributed by atoms with Gasteiger partial charge in [0.15, 0.2) is 0 Å². The zero-order valence-electron chi connectivity index (χ0n) is 10.8. The summed E-state index contributed by atoms with van der Waals surface area (Å²) < 4.78 is 0. The van der Waals surface area contributed by atoms with Gasteiger partial charge < -0.3 is 9.80 Å². The van der Waals surface area contributed by atoms with E-state index in [9.17, 15) is 9.59 Å². The molecule has 2 amide bonds. The fraction of sp³-hybridized carbons (Fsp3) is 0.538. The zero-order valence-corrected chi connectivity index (χ0v) is 11.6. The van der Waals surface area contributed by atoms with E-state index >= 15 is 0 Å². The highest BCUT2D eigenvalue weighted by atomic mass is 32.1. The number of nitrogens with zero attached hydrogens (tertiary/aromatic N) is 2. The molecule has 1 aromatic heterocycles. The van der Waals surface area contributed by atoms with E-state index in [1.165, 1.54) is 0 Å². The van der Waals surface area contributed by atoms with E-state index in [4.69, 9.17) is 0 Å². The van der Waals surface area contributed by atoms with Gasteiger partial charge in [0.2, 0.25) is 11.8 Å². The monoisotopic (exact) mass is 266 g/mol. The Morgan fingerprint density at radius 3 is 2.78 bits per heavy atom. The lowest BCUT2D eigenvalue weighted by molar-refractivity contribution is -0.146. The first-order valence-electron chi connectivity index (χ1n) is 6.17. The van der Waals surface area contributed by atoms with Crippen LogP contribution in [0.1, 0.15) is 18.7 Å². The van der Waals surface area contributed by atoms with Crippen LogP contribution in [0.25, 0.3) is 0 Å². The molecule has 0 aromatic carbocycles. The van der Waals surface area contributed by atoms with E-state index in [1.807, 2.05) is 36.3 Å². The van der Waals surface area contributed by atoms with Crippen LogP contribution in [0.4, 0.5) is 0 Å². The van der Waals surface area contributed by atoms with E-state index in [2.05, 4.69) is 0 Å². The molecule has 0 unspecified atom stereocenters. The molecule has 5 heteroatoms. The first-order chi connectivity index (χ1) is 8.58. The van der Waals surface area contributed by atoms with Crippen LogP contribution < -0.4 is 0 Å². The van der Waals surface area contributed by atoms with Crippen LogP contribution in [-0.2, 0) is 16.0 Å². The number of thiophene rings is 1. The second-order valence-electron chi connectivity index (χ2n) is 4.75. The van der Waals surface area contributed by atoms with Crippen molar-refractivity contribution in [3.05, 3.63) is 22.4 Å². The molecule has 1 aliphatic heterocycles. The average Bonchev–Trinajstić information content (AvgIpc) is 2.81. The van der Waals surface area contributed by atoms with Crippen molar-refractivity contribution >= 4 is 23.2 Å². The van der Waals surface area contributed by atoms with Gasteiger partial charge in [0.05, 0.1) is 13.0 Å². The summed E-state index contributed by atoms with van der Waals surface area (Å²) in [5.41, 5.74) is 0. The second-order valence-corrected chi connectivity index (χ2v) is 5.78. The minimum absolute atomic E-state index is 0.0502. The Hall–Kier alpha value is -1.36. The molecule has 98 valence electrons. The summed E-state index contributed by atoms with van der Waals surface area (Å²) in [7, 11) is 0. The van der Waals surface area contributed by atoms with Crippen LogP contribution in [0.15, 0.2) is 17.5 Å². The highest BCUT2D eigenvalue weighted by Crippen LogP contribution is 2.13. The maximum Gasteiger partial charge on any atom is 0.242 e. The normalized spacial score (nSPS) is 16.5. The molecule has 1 fully saturated rings. The molecule has 0 radical (unpaired) electrons. The highest BCUT2D eigenvalue weighted by Gasteiger charge is 2.28. The minimum Gasteiger partial charge on any atom is -0.337 e. The molecular formula is C13H18N2O2S. The van der Waals surface area contributed by atoms with Gasteiger partial charge in [0.25, 0.3) is 0 Å². The predicted octanol–water partition coefficient (Wildman–Crippen LogP) is 1.37. The van der Waals surface area contributed by atoms with Gasteiger partial charge in [-0.15, -0.1) is 11.3 Å². The van der Waals surface area contributed by atoms with Crippen LogP contribution in [0, 0.1) is 0 Å². The van der Waals surface area contributed by atoms with Crippen LogP contribution in [-0.4, -0.2) is 47.3 Å². The molecule has 1 aromatic rings. The molecule has 1 saturated heterocycles. The van der Waals surface area contributed by atoms with Gasteiger partial charge >= 0.3 is 0 Å². The number of piperazine rings is 1. The Labute approximate surface area is 111 Å². The molecule has 2 rings (SSSR count). The van der Waals surface area contributed by atoms with Gasteiger partial charge in [-0.1, -0.05) is 6.07 Å². The van der Waals surface area contributed by atoms with Crippen LogP contribution in [0.5, 0.6) is 0 Å². The fourth-order valence-electron chi connectivity index (χ4n) is 2.12. The Kier molecular flexibility index (Phi) is 4.01. The molecule has 18 heavy (non-hydrogen) atoms. The zero-order chi connectivity index (χ0) is 13.1. The topological polar surface area (TPSA) is 40.6 Å². The SMILES string of the molecule is CC(C)N1CCN(C(=O)Cc2cccs2)CC1=O. The number of hydrogen-bond donors (Lipinski definition) is 0. The number of amides is 2. The third-order valence-corrected chi connectivity index (χ3v) is 4.02. The highest BCUT2D eigenvalue weighted by molar-refractivity contribution is 7.10. The molecule has 0 spiro atoms. The third kappa shape index (κ3) is 2.90. The van der Waals surface area contributed by atoms with Crippen molar-refractivity contribution in [2.75, 3.05) is 19.6 Å². The summed E-state index contributed by atoms with van der Waals surface area (Å²) in [6, 6.07) is 4.11. The summed E-state index contributed by atoms with van der Waals surface area (Å²) in [4.78, 5) is 28.5. The Bertz CT molecular complexity index is 428. The molecule has 0 bridgehead atoms. The summed E-state index contributed by atoms with van der Waals surface area (Å²) >= 11 is 1.58. The summed E-state index contributed by atoms with van der Waals surface area (Å²) in [6.07, 6.45) is 0.409. The van der Waals surface area contributed by atoms with E-state index in [1.54, 1.807) is 16.2 Å². The maximum absolute atomic E-state index is 12.0. The van der Waals surface area contributed by atoms with Crippen molar-refractivity contribution in [1.29, 1.82) is 0 Å². The minimum atomic E-state index is 0.0502. The molecule has 2 heterocycles. The second kappa shape index (κ2) is 5.52.